The van der Waals surface area contributed by atoms with Gasteiger partial charge in [-0.05, 0) is 46.5 Å². The van der Waals surface area contributed by atoms with Crippen molar-refractivity contribution in [2.24, 2.45) is 0 Å². The lowest BCUT2D eigenvalue weighted by Crippen LogP contribution is -2.61. The lowest BCUT2D eigenvalue weighted by atomic mass is 9.97. The zero-order valence-electron chi connectivity index (χ0n) is 24.0. The molecule has 0 N–H and O–H groups in total. The highest BCUT2D eigenvalue weighted by Gasteiger charge is 2.48. The molecule has 6 nitrogen and oxygen atoms in total. The number of ether oxygens (including phenoxy) is 6. The van der Waals surface area contributed by atoms with Gasteiger partial charge in [-0.25, -0.2) is 0 Å². The second-order valence-electron chi connectivity index (χ2n) is 10.3. The summed E-state index contributed by atoms with van der Waals surface area (Å²) >= 11 is 9.59. The Morgan fingerprint density at radius 1 is 0.605 bits per heavy atom. The van der Waals surface area contributed by atoms with Gasteiger partial charge in [-0.2, -0.15) is 0 Å². The number of hydrogen-bond acceptors (Lipinski definition) is 6. The second kappa shape index (κ2) is 16.5. The smallest absolute Gasteiger partial charge is 0.186 e. The molecule has 1 aliphatic heterocycles. The van der Waals surface area contributed by atoms with Gasteiger partial charge in [0.15, 0.2) is 6.29 Å². The van der Waals surface area contributed by atoms with E-state index in [0.29, 0.717) is 31.5 Å². The molecule has 1 saturated heterocycles. The Morgan fingerprint density at radius 2 is 1.09 bits per heavy atom. The molecule has 1 heterocycles. The fraction of sp³-hybridized carbons (Fsp3) is 0.314. The van der Waals surface area contributed by atoms with E-state index >= 15 is 0 Å². The average Bonchev–Trinajstić information content (AvgIpc) is 3.05. The van der Waals surface area contributed by atoms with Crippen LogP contribution in [0.2, 0.25) is 5.02 Å². The number of rotatable bonds is 14. The van der Waals surface area contributed by atoms with Gasteiger partial charge in [0.05, 0.1) is 33.0 Å². The Balaban J connectivity index is 1.38. The molecule has 0 radical (unpaired) electrons. The summed E-state index contributed by atoms with van der Waals surface area (Å²) in [7, 11) is 1.61. The molecule has 226 valence electrons. The molecule has 5 rings (SSSR count). The van der Waals surface area contributed by atoms with Gasteiger partial charge in [0.1, 0.15) is 24.4 Å². The fourth-order valence-electron chi connectivity index (χ4n) is 4.95. The van der Waals surface area contributed by atoms with Crippen molar-refractivity contribution in [3.05, 3.63) is 141 Å². The summed E-state index contributed by atoms with van der Waals surface area (Å²) in [6.45, 7) is 1.80. The summed E-state index contributed by atoms with van der Waals surface area (Å²) in [6, 6.07) is 35.7. The third kappa shape index (κ3) is 9.45. The normalized spacial score (nSPS) is 22.0. The molecule has 0 bridgehead atoms. The minimum atomic E-state index is -0.703. The zero-order valence-corrected chi connectivity index (χ0v) is 26.4. The van der Waals surface area contributed by atoms with Crippen molar-refractivity contribution in [2.75, 3.05) is 13.7 Å². The quantitative estimate of drug-likeness (QED) is 0.137. The van der Waals surface area contributed by atoms with Gasteiger partial charge < -0.3 is 28.4 Å². The first kappa shape index (κ1) is 31.8. The molecule has 5 atom stereocenters. The Labute approximate surface area is 266 Å². The average molecular weight is 668 g/mol. The molecule has 0 amide bonds. The van der Waals surface area contributed by atoms with E-state index < -0.39 is 30.7 Å². The topological polar surface area (TPSA) is 55.4 Å². The van der Waals surface area contributed by atoms with E-state index in [4.69, 9.17) is 40.0 Å². The molecular formula is C35H36BrClO6. The molecular weight excluding hydrogens is 632 g/mol. The molecule has 1 aliphatic rings. The van der Waals surface area contributed by atoms with Crippen LogP contribution in [-0.2, 0) is 54.8 Å². The van der Waals surface area contributed by atoms with E-state index in [1.165, 1.54) is 0 Å². The van der Waals surface area contributed by atoms with Crippen LogP contribution in [0.15, 0.2) is 114 Å². The predicted octanol–water partition coefficient (Wildman–Crippen LogP) is 7.75. The highest BCUT2D eigenvalue weighted by molar-refractivity contribution is 9.10. The molecule has 0 aromatic heterocycles. The molecule has 43 heavy (non-hydrogen) atoms. The lowest BCUT2D eigenvalue weighted by Gasteiger charge is -2.45. The number of hydrogen-bond donors (Lipinski definition) is 0. The summed E-state index contributed by atoms with van der Waals surface area (Å²) in [5.74, 6) is 0. The highest BCUT2D eigenvalue weighted by atomic mass is 79.9. The monoisotopic (exact) mass is 666 g/mol. The van der Waals surface area contributed by atoms with Gasteiger partial charge in [0.25, 0.3) is 0 Å². The van der Waals surface area contributed by atoms with E-state index in [1.807, 2.05) is 109 Å². The van der Waals surface area contributed by atoms with Gasteiger partial charge in [-0.3, -0.25) is 0 Å². The van der Waals surface area contributed by atoms with Gasteiger partial charge in [0.2, 0.25) is 0 Å². The van der Waals surface area contributed by atoms with Crippen LogP contribution in [0.1, 0.15) is 22.3 Å². The summed E-state index contributed by atoms with van der Waals surface area (Å²) in [6.07, 6.45) is -2.77. The van der Waals surface area contributed by atoms with Crippen molar-refractivity contribution in [3.63, 3.8) is 0 Å². The molecule has 4 aromatic carbocycles. The van der Waals surface area contributed by atoms with Crippen molar-refractivity contribution < 1.29 is 28.4 Å². The first-order valence-electron chi connectivity index (χ1n) is 14.3. The van der Waals surface area contributed by atoms with Crippen LogP contribution in [0.3, 0.4) is 0 Å². The highest BCUT2D eigenvalue weighted by Crippen LogP contribution is 2.31. The van der Waals surface area contributed by atoms with Gasteiger partial charge in [-0.15, -0.1) is 0 Å². The molecule has 0 unspecified atom stereocenters. The molecule has 8 heteroatoms. The third-order valence-electron chi connectivity index (χ3n) is 7.21. The van der Waals surface area contributed by atoms with Crippen molar-refractivity contribution in [1.82, 2.24) is 0 Å². The van der Waals surface area contributed by atoms with Crippen molar-refractivity contribution in [3.8, 4) is 0 Å². The number of halogens is 2. The van der Waals surface area contributed by atoms with Gasteiger partial charge >= 0.3 is 0 Å². The van der Waals surface area contributed by atoms with Crippen LogP contribution in [-0.4, -0.2) is 44.4 Å². The van der Waals surface area contributed by atoms with Crippen molar-refractivity contribution in [2.45, 2.75) is 57.1 Å². The SMILES string of the molecule is CO[C@H]1O[C@H](COCc2ccc(Br)cc2)[C@@H](OCc2ccccc2)[C@H](OCc2ccccc2)[C@H]1OCc1ccc(Cl)cc1. The van der Waals surface area contributed by atoms with E-state index in [9.17, 15) is 0 Å². The Hall–Kier alpha value is -2.59. The van der Waals surface area contributed by atoms with E-state index in [2.05, 4.69) is 15.9 Å². The van der Waals surface area contributed by atoms with Crippen molar-refractivity contribution in [1.29, 1.82) is 0 Å². The van der Waals surface area contributed by atoms with Crippen molar-refractivity contribution >= 4 is 27.5 Å². The third-order valence-corrected chi connectivity index (χ3v) is 7.99. The number of benzene rings is 4. The molecule has 0 saturated carbocycles. The standard InChI is InChI=1S/C35H36BrClO6/c1-38-35-34(42-23-28-14-18-30(37)19-15-28)33(41-22-26-10-6-3-7-11-26)32(40-21-25-8-4-2-5-9-25)31(43-35)24-39-20-27-12-16-29(36)17-13-27/h2-19,31-35H,20-24H2,1H3/t31-,32-,33+,34-,35+/m1/s1. The van der Waals surface area contributed by atoms with Crippen LogP contribution >= 0.6 is 27.5 Å². The van der Waals surface area contributed by atoms with E-state index in [1.54, 1.807) is 7.11 Å². The molecule has 0 aliphatic carbocycles. The van der Waals surface area contributed by atoms with Gasteiger partial charge in [-0.1, -0.05) is 112 Å². The van der Waals surface area contributed by atoms with Crippen LogP contribution in [0.5, 0.6) is 0 Å². The first-order chi connectivity index (χ1) is 21.1. The molecule has 4 aromatic rings. The first-order valence-corrected chi connectivity index (χ1v) is 15.4. The fourth-order valence-corrected chi connectivity index (χ4v) is 5.34. The lowest BCUT2D eigenvalue weighted by molar-refractivity contribution is -0.323. The molecule has 1 fully saturated rings. The van der Waals surface area contributed by atoms with Crippen LogP contribution in [0, 0.1) is 0 Å². The Bertz CT molecular complexity index is 1360. The summed E-state index contributed by atoms with van der Waals surface area (Å²) < 4.78 is 39.3. The van der Waals surface area contributed by atoms with E-state index in [0.717, 1.165) is 26.7 Å². The maximum absolute atomic E-state index is 6.64. The summed E-state index contributed by atoms with van der Waals surface area (Å²) in [5, 5.41) is 0.670. The Morgan fingerprint density at radius 3 is 1.67 bits per heavy atom. The largest absolute Gasteiger partial charge is 0.374 e. The Kier molecular flexibility index (Phi) is 12.2. The summed E-state index contributed by atoms with van der Waals surface area (Å²) in [5.41, 5.74) is 4.13. The minimum absolute atomic E-state index is 0.282. The van der Waals surface area contributed by atoms with E-state index in [-0.39, 0.29) is 6.61 Å². The summed E-state index contributed by atoms with van der Waals surface area (Å²) in [4.78, 5) is 0. The molecule has 0 spiro atoms. The minimum Gasteiger partial charge on any atom is -0.374 e. The van der Waals surface area contributed by atoms with Gasteiger partial charge in [0, 0.05) is 16.6 Å². The zero-order chi connectivity index (χ0) is 29.9. The predicted molar refractivity (Wildman–Crippen MR) is 170 cm³/mol. The van der Waals surface area contributed by atoms with Crippen LogP contribution in [0.4, 0.5) is 0 Å². The van der Waals surface area contributed by atoms with Crippen LogP contribution < -0.4 is 0 Å². The van der Waals surface area contributed by atoms with Crippen LogP contribution in [0.25, 0.3) is 0 Å². The maximum atomic E-state index is 6.64. The maximum Gasteiger partial charge on any atom is 0.186 e. The number of methoxy groups -OCH3 is 1. The second-order valence-corrected chi connectivity index (χ2v) is 11.7.